The van der Waals surface area contributed by atoms with Crippen molar-refractivity contribution in [1.82, 2.24) is 5.32 Å². The van der Waals surface area contributed by atoms with Gasteiger partial charge in [0.25, 0.3) is 0 Å². The van der Waals surface area contributed by atoms with Crippen molar-refractivity contribution in [1.29, 1.82) is 0 Å². The second-order valence-electron chi connectivity index (χ2n) is 5.61. The van der Waals surface area contributed by atoms with Gasteiger partial charge in [-0.3, -0.25) is 19.7 Å². The Morgan fingerprint density at radius 3 is 2.59 bits per heavy atom. The van der Waals surface area contributed by atoms with Crippen LogP contribution in [0, 0.1) is 10.1 Å². The van der Waals surface area contributed by atoms with Crippen LogP contribution in [0.25, 0.3) is 6.08 Å². The van der Waals surface area contributed by atoms with Crippen LogP contribution in [0.2, 0.25) is 10.0 Å². The number of nitrogens with one attached hydrogen (secondary N) is 1. The number of ether oxygens (including phenoxy) is 1. The molecule has 27 heavy (non-hydrogen) atoms. The van der Waals surface area contributed by atoms with Crippen molar-refractivity contribution in [3.8, 4) is 5.75 Å². The van der Waals surface area contributed by atoms with Crippen LogP contribution >= 0.6 is 23.2 Å². The predicted molar refractivity (Wildman–Crippen MR) is 102 cm³/mol. The van der Waals surface area contributed by atoms with E-state index in [1.54, 1.807) is 19.1 Å². The molecule has 0 unspecified atom stereocenters. The van der Waals surface area contributed by atoms with E-state index < -0.39 is 22.8 Å². The summed E-state index contributed by atoms with van der Waals surface area (Å²) in [5.41, 5.74) is 0.410. The minimum Gasteiger partial charge on any atom is -0.492 e. The number of amides is 1. The molecular weight excluding hydrogens is 399 g/mol. The summed E-state index contributed by atoms with van der Waals surface area (Å²) in [7, 11) is 0. The van der Waals surface area contributed by atoms with E-state index in [4.69, 9.17) is 33.0 Å². The lowest BCUT2D eigenvalue weighted by Crippen LogP contribution is -2.38. The molecule has 1 aromatic rings. The number of aliphatic carboxylic acids is 1. The van der Waals surface area contributed by atoms with Crippen molar-refractivity contribution in [2.75, 3.05) is 6.61 Å². The molecular formula is C17H20Cl2N2O6. The molecule has 1 atom stereocenters. The number of hydrogen-bond acceptors (Lipinski definition) is 5. The van der Waals surface area contributed by atoms with Crippen molar-refractivity contribution in [3.63, 3.8) is 0 Å². The number of carboxylic acid groups (broad SMARTS) is 1. The van der Waals surface area contributed by atoms with E-state index in [9.17, 15) is 19.7 Å². The molecule has 0 aromatic heterocycles. The number of carboxylic acids is 1. The molecule has 0 aliphatic rings. The van der Waals surface area contributed by atoms with E-state index in [1.165, 1.54) is 13.0 Å². The lowest BCUT2D eigenvalue weighted by atomic mass is 10.1. The molecule has 148 valence electrons. The lowest BCUT2D eigenvalue weighted by molar-refractivity contribution is -0.425. The maximum absolute atomic E-state index is 11.6. The van der Waals surface area contributed by atoms with Crippen LogP contribution < -0.4 is 10.1 Å². The summed E-state index contributed by atoms with van der Waals surface area (Å²) in [5.74, 6) is -1.22. The van der Waals surface area contributed by atoms with Crippen LogP contribution in [-0.4, -0.2) is 34.6 Å². The number of allylic oxidation sites excluding steroid dienone is 1. The highest BCUT2D eigenvalue weighted by molar-refractivity contribution is 6.43. The van der Waals surface area contributed by atoms with Gasteiger partial charge in [-0.1, -0.05) is 30.1 Å². The fraction of sp³-hybridized carbons (Fsp3) is 0.412. The molecule has 0 heterocycles. The Morgan fingerprint density at radius 1 is 1.37 bits per heavy atom. The molecule has 0 radical (unpaired) electrons. The number of carbonyl (C=O) groups excluding carboxylic acids is 1. The zero-order valence-corrected chi connectivity index (χ0v) is 16.3. The summed E-state index contributed by atoms with van der Waals surface area (Å²) >= 11 is 12.3. The van der Waals surface area contributed by atoms with Crippen LogP contribution in [0.15, 0.2) is 17.8 Å². The summed E-state index contributed by atoms with van der Waals surface area (Å²) in [6.07, 6.45) is 2.02. The van der Waals surface area contributed by atoms with E-state index in [1.807, 2.05) is 0 Å². The monoisotopic (exact) mass is 418 g/mol. The molecule has 0 aliphatic carbocycles. The second kappa shape index (κ2) is 10.7. The van der Waals surface area contributed by atoms with E-state index in [0.717, 1.165) is 0 Å². The van der Waals surface area contributed by atoms with Gasteiger partial charge in [-0.05, 0) is 25.5 Å². The maximum Gasteiger partial charge on any atom is 0.325 e. The average molecular weight is 419 g/mol. The predicted octanol–water partition coefficient (Wildman–Crippen LogP) is 3.77. The van der Waals surface area contributed by atoms with Crippen LogP contribution in [0.4, 0.5) is 0 Å². The Labute approximate surface area is 166 Å². The Balaban J connectivity index is 2.65. The van der Waals surface area contributed by atoms with Crippen molar-refractivity contribution >= 4 is 41.2 Å². The molecule has 0 aliphatic heterocycles. The largest absolute Gasteiger partial charge is 0.492 e. The minimum absolute atomic E-state index is 0.00300. The number of benzene rings is 1. The smallest absolute Gasteiger partial charge is 0.325 e. The number of carbonyl (C=O) groups is 2. The molecule has 0 fully saturated rings. The highest BCUT2D eigenvalue weighted by Crippen LogP contribution is 2.36. The van der Waals surface area contributed by atoms with Gasteiger partial charge in [-0.2, -0.15) is 0 Å². The maximum atomic E-state index is 11.6. The van der Waals surface area contributed by atoms with Gasteiger partial charge in [-0.25, -0.2) is 0 Å². The third-order valence-electron chi connectivity index (χ3n) is 3.55. The SMILES string of the molecule is CC/C(=C/c1ccc(OCCCC(=O)N[C@@H](C)C(=O)O)c(Cl)c1Cl)[N+](=O)[O-]. The van der Waals surface area contributed by atoms with Gasteiger partial charge >= 0.3 is 5.97 Å². The minimum atomic E-state index is -1.11. The van der Waals surface area contributed by atoms with Crippen molar-refractivity contribution < 1.29 is 24.4 Å². The third kappa shape index (κ3) is 7.07. The summed E-state index contributed by atoms with van der Waals surface area (Å²) in [4.78, 5) is 32.7. The number of hydrogen-bond donors (Lipinski definition) is 2. The van der Waals surface area contributed by atoms with Gasteiger partial charge in [0.1, 0.15) is 16.8 Å². The van der Waals surface area contributed by atoms with Gasteiger partial charge in [0, 0.05) is 24.5 Å². The molecule has 1 amide bonds. The highest BCUT2D eigenvalue weighted by Gasteiger charge is 2.15. The number of nitro groups is 1. The molecule has 0 bridgehead atoms. The van der Waals surface area contributed by atoms with Gasteiger partial charge in [0.15, 0.2) is 0 Å². The summed E-state index contributed by atoms with van der Waals surface area (Å²) in [6, 6.07) is 2.14. The molecule has 2 N–H and O–H groups in total. The molecule has 0 saturated carbocycles. The van der Waals surface area contributed by atoms with Crippen LogP contribution in [0.1, 0.15) is 38.7 Å². The first kappa shape index (κ1) is 22.7. The zero-order valence-electron chi connectivity index (χ0n) is 14.8. The van der Waals surface area contributed by atoms with E-state index >= 15 is 0 Å². The van der Waals surface area contributed by atoms with E-state index in [0.29, 0.717) is 12.0 Å². The molecule has 1 aromatic carbocycles. The summed E-state index contributed by atoms with van der Waals surface area (Å²) in [6.45, 7) is 3.20. The quantitative estimate of drug-likeness (QED) is 0.339. The summed E-state index contributed by atoms with van der Waals surface area (Å²) in [5, 5.41) is 22.2. The van der Waals surface area contributed by atoms with E-state index in [-0.39, 0.29) is 40.9 Å². The Morgan fingerprint density at radius 2 is 2.04 bits per heavy atom. The molecule has 0 spiro atoms. The van der Waals surface area contributed by atoms with Gasteiger partial charge < -0.3 is 15.2 Å². The topological polar surface area (TPSA) is 119 Å². The molecule has 8 nitrogen and oxygen atoms in total. The first-order chi connectivity index (χ1) is 12.7. The molecule has 0 saturated heterocycles. The van der Waals surface area contributed by atoms with Crippen molar-refractivity contribution in [2.24, 2.45) is 0 Å². The fourth-order valence-electron chi connectivity index (χ4n) is 2.02. The third-order valence-corrected chi connectivity index (χ3v) is 4.43. The number of rotatable bonds is 10. The highest BCUT2D eigenvalue weighted by atomic mass is 35.5. The van der Waals surface area contributed by atoms with Gasteiger partial charge in [-0.15, -0.1) is 0 Å². The molecule has 1 rings (SSSR count). The van der Waals surface area contributed by atoms with Crippen molar-refractivity contribution in [3.05, 3.63) is 43.6 Å². The Kier molecular flexibility index (Phi) is 9.04. The first-order valence-electron chi connectivity index (χ1n) is 8.15. The van der Waals surface area contributed by atoms with Gasteiger partial charge in [0.05, 0.1) is 16.6 Å². The standard InChI is InChI=1S/C17H20Cl2N2O6/c1-3-12(21(25)26)9-11-6-7-13(16(19)15(11)18)27-8-4-5-14(22)20-10(2)17(23)24/h6-7,9-10H,3-5,8H2,1-2H3,(H,20,22)(H,23,24)/b12-9-/t10-/m0/s1. The van der Waals surface area contributed by atoms with Gasteiger partial charge in [0.2, 0.25) is 11.6 Å². The zero-order chi connectivity index (χ0) is 20.6. The van der Waals surface area contributed by atoms with Crippen LogP contribution in [-0.2, 0) is 9.59 Å². The fourth-order valence-corrected chi connectivity index (χ4v) is 2.46. The second-order valence-corrected chi connectivity index (χ2v) is 6.36. The normalized spacial score (nSPS) is 12.4. The molecule has 10 heteroatoms. The first-order valence-corrected chi connectivity index (χ1v) is 8.90. The summed E-state index contributed by atoms with van der Waals surface area (Å²) < 4.78 is 5.49. The Bertz CT molecular complexity index is 751. The van der Waals surface area contributed by atoms with Crippen LogP contribution in [0.5, 0.6) is 5.75 Å². The van der Waals surface area contributed by atoms with E-state index in [2.05, 4.69) is 5.32 Å². The van der Waals surface area contributed by atoms with Crippen molar-refractivity contribution in [2.45, 2.75) is 39.2 Å². The van der Waals surface area contributed by atoms with Crippen LogP contribution in [0.3, 0.4) is 0 Å². The lowest BCUT2D eigenvalue weighted by Gasteiger charge is -2.11. The Hall–Kier alpha value is -2.32. The average Bonchev–Trinajstić information content (AvgIpc) is 2.60. The number of nitrogens with zero attached hydrogens (tertiary/aromatic N) is 1. The number of halogens is 2.